The van der Waals surface area contributed by atoms with E-state index in [0.29, 0.717) is 0 Å². The molecule has 3 heteroatoms. The second kappa shape index (κ2) is 11.7. The minimum atomic E-state index is -1.91. The topological polar surface area (TPSA) is 20.2 Å². The fourth-order valence-electron chi connectivity index (χ4n) is 3.85. The molecule has 148 valence electrons. The zero-order valence-electron chi connectivity index (χ0n) is 16.5. The molecule has 3 rings (SSSR count). The van der Waals surface area contributed by atoms with Crippen LogP contribution in [0.15, 0.2) is 91.0 Å². The monoisotopic (exact) mass is 504 g/mol. The second-order valence-corrected chi connectivity index (χ2v) is 10.7. The Hall–Kier alpha value is -1.22. The van der Waals surface area contributed by atoms with Crippen molar-refractivity contribution in [3.8, 4) is 0 Å². The number of hydrogen-bond donors (Lipinski definition) is 1. The highest BCUT2D eigenvalue weighted by Crippen LogP contribution is 2.56. The standard InChI is InChI=1S/C25H30OP.HI/c1-2-3-7-14-22(26)21-27(23-15-8-4-9-16-23,24-17-10-5-11-18-24)25-19-12-6-13-20-25;/h4-6,8-13,15-20,22,26H,2-3,7,14,21H2,1H3;1H/q+1;/p-1/t22-;/m1./s1. The second-order valence-electron chi connectivity index (χ2n) is 7.15. The number of aliphatic hydroxyl groups excluding tert-OH is 1. The van der Waals surface area contributed by atoms with Crippen molar-refractivity contribution >= 4 is 23.2 Å². The summed E-state index contributed by atoms with van der Waals surface area (Å²) in [5.74, 6) is 0. The molecule has 1 atom stereocenters. The van der Waals surface area contributed by atoms with Crippen molar-refractivity contribution in [3.05, 3.63) is 91.0 Å². The smallest absolute Gasteiger partial charge is 0.114 e. The lowest BCUT2D eigenvalue weighted by molar-refractivity contribution is -0.00000763. The fourth-order valence-corrected chi connectivity index (χ4v) is 8.23. The van der Waals surface area contributed by atoms with E-state index in [1.807, 2.05) is 0 Å². The Balaban J connectivity index is 0.00000280. The third-order valence-corrected chi connectivity index (χ3v) is 9.72. The third kappa shape index (κ3) is 5.43. The van der Waals surface area contributed by atoms with E-state index in [2.05, 4.69) is 97.9 Å². The maximum Gasteiger partial charge on any atom is 0.114 e. The molecule has 0 heterocycles. The summed E-state index contributed by atoms with van der Waals surface area (Å²) in [5.41, 5.74) is 0. The molecule has 28 heavy (non-hydrogen) atoms. The maximum absolute atomic E-state index is 11.0. The van der Waals surface area contributed by atoms with Gasteiger partial charge in [-0.05, 0) is 42.8 Å². The Morgan fingerprint density at radius 3 is 1.43 bits per heavy atom. The van der Waals surface area contributed by atoms with Gasteiger partial charge in [-0.3, -0.25) is 0 Å². The van der Waals surface area contributed by atoms with E-state index in [9.17, 15) is 5.11 Å². The molecule has 0 spiro atoms. The number of benzene rings is 3. The summed E-state index contributed by atoms with van der Waals surface area (Å²) in [4.78, 5) is 0. The van der Waals surface area contributed by atoms with Gasteiger partial charge in [0.15, 0.2) is 0 Å². The Bertz CT molecular complexity index is 696. The lowest BCUT2D eigenvalue weighted by Gasteiger charge is -2.29. The van der Waals surface area contributed by atoms with Gasteiger partial charge in [0.2, 0.25) is 0 Å². The molecule has 0 saturated heterocycles. The van der Waals surface area contributed by atoms with Crippen molar-refractivity contribution < 1.29 is 29.1 Å². The van der Waals surface area contributed by atoms with E-state index >= 15 is 0 Å². The summed E-state index contributed by atoms with van der Waals surface area (Å²) in [5, 5.41) is 15.1. The Morgan fingerprint density at radius 2 is 1.07 bits per heavy atom. The average Bonchev–Trinajstić information content (AvgIpc) is 2.74. The van der Waals surface area contributed by atoms with Crippen LogP contribution in [0.4, 0.5) is 0 Å². The van der Waals surface area contributed by atoms with E-state index < -0.39 is 7.26 Å². The van der Waals surface area contributed by atoms with Crippen molar-refractivity contribution in [2.75, 3.05) is 6.16 Å². The van der Waals surface area contributed by atoms with Crippen LogP contribution < -0.4 is 39.9 Å². The van der Waals surface area contributed by atoms with Crippen LogP contribution in [0.5, 0.6) is 0 Å². The fraction of sp³-hybridized carbons (Fsp3) is 0.280. The van der Waals surface area contributed by atoms with Gasteiger partial charge in [0.1, 0.15) is 23.2 Å². The quantitative estimate of drug-likeness (QED) is 0.269. The van der Waals surface area contributed by atoms with E-state index in [0.717, 1.165) is 19.0 Å². The summed E-state index contributed by atoms with van der Waals surface area (Å²) in [6, 6.07) is 32.4. The van der Waals surface area contributed by atoms with Gasteiger partial charge in [0, 0.05) is 0 Å². The van der Waals surface area contributed by atoms with E-state index in [1.54, 1.807) is 0 Å². The minimum absolute atomic E-state index is 0. The molecule has 3 aromatic rings. The van der Waals surface area contributed by atoms with Crippen molar-refractivity contribution in [1.29, 1.82) is 0 Å². The highest BCUT2D eigenvalue weighted by molar-refractivity contribution is 7.95. The first-order valence-electron chi connectivity index (χ1n) is 10.0. The zero-order chi connectivity index (χ0) is 19.0. The molecule has 0 bridgehead atoms. The maximum atomic E-state index is 11.0. The molecule has 0 saturated carbocycles. The van der Waals surface area contributed by atoms with Crippen LogP contribution in [0.3, 0.4) is 0 Å². The van der Waals surface area contributed by atoms with Crippen LogP contribution in [-0.2, 0) is 0 Å². The largest absolute Gasteiger partial charge is 1.00 e. The van der Waals surface area contributed by atoms with Gasteiger partial charge in [-0.15, -0.1) is 0 Å². The molecule has 1 N–H and O–H groups in total. The molecular formula is C25H30IOP. The highest BCUT2D eigenvalue weighted by atomic mass is 127. The van der Waals surface area contributed by atoms with Gasteiger partial charge in [0.25, 0.3) is 0 Å². The number of hydrogen-bond acceptors (Lipinski definition) is 1. The van der Waals surface area contributed by atoms with E-state index in [-0.39, 0.29) is 30.1 Å². The van der Waals surface area contributed by atoms with Crippen LogP contribution >= 0.6 is 7.26 Å². The van der Waals surface area contributed by atoms with Crippen molar-refractivity contribution in [2.24, 2.45) is 0 Å². The van der Waals surface area contributed by atoms with Gasteiger partial charge in [-0.25, -0.2) is 0 Å². The molecule has 0 aromatic heterocycles. The van der Waals surface area contributed by atoms with Gasteiger partial charge >= 0.3 is 0 Å². The molecule has 0 amide bonds. The van der Waals surface area contributed by atoms with Crippen molar-refractivity contribution in [1.82, 2.24) is 0 Å². The van der Waals surface area contributed by atoms with Crippen molar-refractivity contribution in [2.45, 2.75) is 38.7 Å². The molecule has 0 aliphatic carbocycles. The zero-order valence-corrected chi connectivity index (χ0v) is 19.6. The average molecular weight is 504 g/mol. The summed E-state index contributed by atoms with van der Waals surface area (Å²) in [6.07, 6.45) is 4.85. The predicted molar refractivity (Wildman–Crippen MR) is 120 cm³/mol. The van der Waals surface area contributed by atoms with Gasteiger partial charge in [-0.1, -0.05) is 80.8 Å². The number of halogens is 1. The van der Waals surface area contributed by atoms with Gasteiger partial charge < -0.3 is 29.1 Å². The van der Waals surface area contributed by atoms with Gasteiger partial charge in [0.05, 0.1) is 12.3 Å². The van der Waals surface area contributed by atoms with Crippen molar-refractivity contribution in [3.63, 3.8) is 0 Å². The van der Waals surface area contributed by atoms with Crippen LogP contribution in [0.25, 0.3) is 0 Å². The number of aliphatic hydroxyl groups is 1. The molecule has 0 aliphatic heterocycles. The first-order valence-corrected chi connectivity index (χ1v) is 12.0. The Labute approximate surface area is 187 Å². The van der Waals surface area contributed by atoms with E-state index in [4.69, 9.17) is 0 Å². The molecule has 1 nitrogen and oxygen atoms in total. The Kier molecular flexibility index (Phi) is 9.64. The van der Waals surface area contributed by atoms with Crippen LogP contribution in [-0.4, -0.2) is 17.4 Å². The van der Waals surface area contributed by atoms with Crippen LogP contribution in [0, 0.1) is 0 Å². The molecular weight excluding hydrogens is 474 g/mol. The first-order chi connectivity index (χ1) is 13.3. The molecule has 0 radical (unpaired) electrons. The Morgan fingerprint density at radius 1 is 0.679 bits per heavy atom. The SMILES string of the molecule is CCCCC[C@@H](O)C[P+](c1ccccc1)(c1ccccc1)c1ccccc1.[I-]. The third-order valence-electron chi connectivity index (χ3n) is 5.22. The molecule has 3 aromatic carbocycles. The lowest BCUT2D eigenvalue weighted by Crippen LogP contribution is -3.00. The molecule has 0 fully saturated rings. The summed E-state index contributed by atoms with van der Waals surface area (Å²) in [6.45, 7) is 2.21. The highest BCUT2D eigenvalue weighted by Gasteiger charge is 2.46. The summed E-state index contributed by atoms with van der Waals surface area (Å²) in [7, 11) is -1.91. The minimum Gasteiger partial charge on any atom is -1.00 e. The van der Waals surface area contributed by atoms with Crippen LogP contribution in [0.1, 0.15) is 32.6 Å². The van der Waals surface area contributed by atoms with E-state index in [1.165, 1.54) is 28.8 Å². The van der Waals surface area contributed by atoms with Gasteiger partial charge in [-0.2, -0.15) is 0 Å². The predicted octanol–water partition coefficient (Wildman–Crippen LogP) is 1.93. The summed E-state index contributed by atoms with van der Waals surface area (Å²) < 4.78 is 0. The number of rotatable bonds is 9. The molecule has 0 unspecified atom stereocenters. The normalized spacial score (nSPS) is 12.2. The summed E-state index contributed by atoms with van der Waals surface area (Å²) >= 11 is 0. The lowest BCUT2D eigenvalue weighted by atomic mass is 10.1. The first kappa shape index (κ1) is 23.1. The van der Waals surface area contributed by atoms with Crippen LogP contribution in [0.2, 0.25) is 0 Å². The molecule has 0 aliphatic rings. The number of unbranched alkanes of at least 4 members (excludes halogenated alkanes) is 2.